The van der Waals surface area contributed by atoms with Crippen molar-refractivity contribution in [2.75, 3.05) is 19.8 Å². The van der Waals surface area contributed by atoms with Crippen LogP contribution in [0, 0.1) is 11.3 Å². The quantitative estimate of drug-likeness (QED) is 0.780. The Kier molecular flexibility index (Phi) is 4.62. The van der Waals surface area contributed by atoms with Crippen LogP contribution in [0.15, 0.2) is 0 Å². The van der Waals surface area contributed by atoms with Crippen LogP contribution in [-0.4, -0.2) is 31.7 Å². The topological polar surface area (TPSA) is 64.4 Å². The molecular formula is C14H26N2O2. The molecule has 18 heavy (non-hydrogen) atoms. The molecule has 4 heteroatoms. The standard InChI is InChI=1S/C14H26N2O2/c1-11(12-3-7-18-8-4-12)16-13(17)9-14(10-15)5-2-6-14/h11-12H,2-10,15H2,1H3,(H,16,17). The van der Waals surface area contributed by atoms with Gasteiger partial charge in [-0.15, -0.1) is 0 Å². The van der Waals surface area contributed by atoms with Crippen molar-refractivity contribution in [3.8, 4) is 0 Å². The van der Waals surface area contributed by atoms with Crippen molar-refractivity contribution >= 4 is 5.91 Å². The smallest absolute Gasteiger partial charge is 0.220 e. The molecule has 2 rings (SSSR count). The van der Waals surface area contributed by atoms with E-state index in [0.29, 0.717) is 18.9 Å². The molecule has 0 spiro atoms. The van der Waals surface area contributed by atoms with Gasteiger partial charge in [0.1, 0.15) is 0 Å². The van der Waals surface area contributed by atoms with Crippen molar-refractivity contribution in [3.05, 3.63) is 0 Å². The molecule has 1 unspecified atom stereocenters. The maximum atomic E-state index is 12.1. The summed E-state index contributed by atoms with van der Waals surface area (Å²) in [6.45, 7) is 4.42. The third-order valence-electron chi connectivity index (χ3n) is 4.74. The second kappa shape index (κ2) is 6.02. The summed E-state index contributed by atoms with van der Waals surface area (Å²) in [5, 5.41) is 3.16. The molecule has 1 saturated heterocycles. The Morgan fingerprint density at radius 3 is 2.61 bits per heavy atom. The second-order valence-corrected chi connectivity index (χ2v) is 6.04. The van der Waals surface area contributed by atoms with Gasteiger partial charge in [0, 0.05) is 25.7 Å². The SMILES string of the molecule is CC(NC(=O)CC1(CN)CCC1)C1CCOCC1. The van der Waals surface area contributed by atoms with Gasteiger partial charge in [-0.25, -0.2) is 0 Å². The molecule has 0 aromatic rings. The molecule has 0 aromatic carbocycles. The van der Waals surface area contributed by atoms with Crippen LogP contribution in [0.25, 0.3) is 0 Å². The van der Waals surface area contributed by atoms with E-state index in [9.17, 15) is 4.79 Å². The third-order valence-corrected chi connectivity index (χ3v) is 4.74. The lowest BCUT2D eigenvalue weighted by molar-refractivity contribution is -0.126. The van der Waals surface area contributed by atoms with Gasteiger partial charge in [0.05, 0.1) is 0 Å². The second-order valence-electron chi connectivity index (χ2n) is 6.04. The first kappa shape index (κ1) is 13.8. The molecule has 0 bridgehead atoms. The first-order chi connectivity index (χ1) is 8.65. The summed E-state index contributed by atoms with van der Waals surface area (Å²) in [7, 11) is 0. The Balaban J connectivity index is 1.76. The molecule has 1 aliphatic carbocycles. The van der Waals surface area contributed by atoms with E-state index < -0.39 is 0 Å². The summed E-state index contributed by atoms with van der Waals surface area (Å²) in [5.74, 6) is 0.747. The number of nitrogens with one attached hydrogen (secondary N) is 1. The molecule has 3 N–H and O–H groups in total. The number of rotatable bonds is 5. The zero-order valence-corrected chi connectivity index (χ0v) is 11.4. The minimum absolute atomic E-state index is 0.111. The fourth-order valence-electron chi connectivity index (χ4n) is 3.11. The van der Waals surface area contributed by atoms with Crippen molar-refractivity contribution < 1.29 is 9.53 Å². The number of hydrogen-bond acceptors (Lipinski definition) is 3. The van der Waals surface area contributed by atoms with Gasteiger partial charge >= 0.3 is 0 Å². The molecular weight excluding hydrogens is 228 g/mol. The van der Waals surface area contributed by atoms with Crippen LogP contribution in [0.3, 0.4) is 0 Å². The van der Waals surface area contributed by atoms with E-state index in [4.69, 9.17) is 10.5 Å². The van der Waals surface area contributed by atoms with Crippen molar-refractivity contribution in [2.45, 2.75) is 51.5 Å². The van der Waals surface area contributed by atoms with Gasteiger partial charge < -0.3 is 15.8 Å². The number of nitrogens with two attached hydrogens (primary N) is 1. The molecule has 1 atom stereocenters. The Bertz CT molecular complexity index is 278. The molecule has 104 valence electrons. The van der Waals surface area contributed by atoms with Gasteiger partial charge in [0.25, 0.3) is 0 Å². The summed E-state index contributed by atoms with van der Waals surface area (Å²) in [6.07, 6.45) is 6.18. The van der Waals surface area contributed by atoms with Gasteiger partial charge in [-0.2, -0.15) is 0 Å². The summed E-state index contributed by atoms with van der Waals surface area (Å²) >= 11 is 0. The van der Waals surface area contributed by atoms with Gasteiger partial charge in [0.2, 0.25) is 5.91 Å². The van der Waals surface area contributed by atoms with Crippen LogP contribution in [-0.2, 0) is 9.53 Å². The average molecular weight is 254 g/mol. The molecule has 1 heterocycles. The summed E-state index contributed by atoms with van der Waals surface area (Å²) < 4.78 is 5.35. The van der Waals surface area contributed by atoms with Crippen molar-refractivity contribution in [3.63, 3.8) is 0 Å². The molecule has 4 nitrogen and oxygen atoms in total. The maximum Gasteiger partial charge on any atom is 0.220 e. The van der Waals surface area contributed by atoms with Crippen molar-refractivity contribution in [1.29, 1.82) is 0 Å². The van der Waals surface area contributed by atoms with Gasteiger partial charge in [-0.05, 0) is 50.5 Å². The molecule has 0 radical (unpaired) electrons. The molecule has 1 saturated carbocycles. The van der Waals surface area contributed by atoms with Crippen LogP contribution in [0.2, 0.25) is 0 Å². The van der Waals surface area contributed by atoms with Gasteiger partial charge in [0.15, 0.2) is 0 Å². The lowest BCUT2D eigenvalue weighted by Crippen LogP contribution is -2.45. The first-order valence-electron chi connectivity index (χ1n) is 7.22. The maximum absolute atomic E-state index is 12.1. The van der Waals surface area contributed by atoms with E-state index in [0.717, 1.165) is 38.9 Å². The number of carbonyl (C=O) groups is 1. The van der Waals surface area contributed by atoms with Crippen molar-refractivity contribution in [1.82, 2.24) is 5.32 Å². The largest absolute Gasteiger partial charge is 0.381 e. The number of hydrogen-bond donors (Lipinski definition) is 2. The van der Waals surface area contributed by atoms with E-state index in [1.54, 1.807) is 0 Å². The predicted octanol–water partition coefficient (Wildman–Crippen LogP) is 1.44. The number of amides is 1. The zero-order chi connectivity index (χ0) is 13.0. The first-order valence-corrected chi connectivity index (χ1v) is 7.22. The van der Waals surface area contributed by atoms with E-state index in [1.165, 1.54) is 6.42 Å². The molecule has 1 amide bonds. The summed E-state index contributed by atoms with van der Waals surface area (Å²) in [4.78, 5) is 12.1. The Morgan fingerprint density at radius 1 is 1.44 bits per heavy atom. The number of carbonyl (C=O) groups excluding carboxylic acids is 1. The van der Waals surface area contributed by atoms with Crippen LogP contribution in [0.1, 0.15) is 45.4 Å². The van der Waals surface area contributed by atoms with Crippen LogP contribution < -0.4 is 11.1 Å². The highest BCUT2D eigenvalue weighted by molar-refractivity contribution is 5.77. The van der Waals surface area contributed by atoms with E-state index in [1.807, 2.05) is 0 Å². The Labute approximate surface area is 110 Å². The third kappa shape index (κ3) is 3.23. The molecule has 1 aliphatic heterocycles. The highest BCUT2D eigenvalue weighted by atomic mass is 16.5. The van der Waals surface area contributed by atoms with E-state index >= 15 is 0 Å². The minimum Gasteiger partial charge on any atom is -0.381 e. The van der Waals surface area contributed by atoms with E-state index in [-0.39, 0.29) is 17.4 Å². The number of ether oxygens (including phenoxy) is 1. The summed E-state index contributed by atoms with van der Waals surface area (Å²) in [6, 6.07) is 0.260. The van der Waals surface area contributed by atoms with Crippen LogP contribution in [0.4, 0.5) is 0 Å². The Hall–Kier alpha value is -0.610. The molecule has 2 fully saturated rings. The normalized spacial score (nSPS) is 25.2. The van der Waals surface area contributed by atoms with Gasteiger partial charge in [-0.3, -0.25) is 4.79 Å². The van der Waals surface area contributed by atoms with Crippen LogP contribution >= 0.6 is 0 Å². The fourth-order valence-corrected chi connectivity index (χ4v) is 3.11. The highest BCUT2D eigenvalue weighted by Gasteiger charge is 2.37. The van der Waals surface area contributed by atoms with Crippen molar-refractivity contribution in [2.24, 2.45) is 17.1 Å². The summed E-state index contributed by atoms with van der Waals surface area (Å²) in [5.41, 5.74) is 5.90. The Morgan fingerprint density at radius 2 is 2.11 bits per heavy atom. The van der Waals surface area contributed by atoms with Crippen LogP contribution in [0.5, 0.6) is 0 Å². The average Bonchev–Trinajstić information content (AvgIpc) is 2.35. The lowest BCUT2D eigenvalue weighted by atomic mass is 9.66. The van der Waals surface area contributed by atoms with E-state index in [2.05, 4.69) is 12.2 Å². The molecule has 2 aliphatic rings. The minimum atomic E-state index is 0.111. The van der Waals surface area contributed by atoms with Gasteiger partial charge in [-0.1, -0.05) is 6.42 Å². The monoisotopic (exact) mass is 254 g/mol. The fraction of sp³-hybridized carbons (Fsp3) is 0.929. The zero-order valence-electron chi connectivity index (χ0n) is 11.4. The molecule has 0 aromatic heterocycles. The predicted molar refractivity (Wildman–Crippen MR) is 71.1 cm³/mol. The lowest BCUT2D eigenvalue weighted by Gasteiger charge is -2.41. The highest BCUT2D eigenvalue weighted by Crippen LogP contribution is 2.42.